The van der Waals surface area contributed by atoms with E-state index >= 15 is 0 Å². The van der Waals surface area contributed by atoms with E-state index in [1.54, 1.807) is 31.2 Å². The maximum atomic E-state index is 11.1. The number of aliphatic hydroxyl groups excluding tert-OH is 1. The molecule has 2 aromatic rings. The van der Waals surface area contributed by atoms with Crippen LogP contribution >= 0.6 is 11.6 Å². The molecule has 7 heteroatoms. The minimum Gasteiger partial charge on any atom is -0.392 e. The van der Waals surface area contributed by atoms with Crippen molar-refractivity contribution in [3.05, 3.63) is 39.5 Å². The van der Waals surface area contributed by atoms with Crippen molar-refractivity contribution in [1.29, 1.82) is 0 Å². The van der Waals surface area contributed by atoms with Crippen LogP contribution in [0.15, 0.2) is 24.3 Å². The third-order valence-electron chi connectivity index (χ3n) is 2.58. The molecule has 1 aromatic carbocycles. The number of fused-ring (bicyclic) bond motifs is 1. The number of nitrogens with one attached hydrogen (secondary N) is 1. The molecule has 6 nitrogen and oxygen atoms in total. The van der Waals surface area contributed by atoms with Gasteiger partial charge in [0, 0.05) is 11.9 Å². The fraction of sp³-hybridized carbons (Fsp3) is 0.250. The number of aromatic nitrogens is 1. The van der Waals surface area contributed by atoms with Crippen LogP contribution in [0.5, 0.6) is 0 Å². The molecule has 2 N–H and O–H groups in total. The maximum Gasteiger partial charge on any atom is 0.329 e. The van der Waals surface area contributed by atoms with Gasteiger partial charge < -0.3 is 10.4 Å². The van der Waals surface area contributed by atoms with Crippen molar-refractivity contribution in [1.82, 2.24) is 4.98 Å². The van der Waals surface area contributed by atoms with Gasteiger partial charge in [0.1, 0.15) is 5.69 Å². The molecule has 0 saturated carbocycles. The Bertz CT molecular complexity index is 631. The summed E-state index contributed by atoms with van der Waals surface area (Å²) in [5.74, 6) is 0. The molecular weight excluding hydrogens is 270 g/mol. The lowest BCUT2D eigenvalue weighted by Gasteiger charge is -2.12. The zero-order valence-electron chi connectivity index (χ0n) is 10.1. The number of halogens is 1. The molecule has 1 heterocycles. The molecular formula is C12H12ClN3O3. The van der Waals surface area contributed by atoms with Crippen molar-refractivity contribution in [3.8, 4) is 0 Å². The maximum absolute atomic E-state index is 11.1. The van der Waals surface area contributed by atoms with Crippen LogP contribution in [0.4, 0.5) is 11.4 Å². The molecule has 1 atom stereocenters. The van der Waals surface area contributed by atoms with Crippen LogP contribution in [0.2, 0.25) is 5.15 Å². The quantitative estimate of drug-likeness (QED) is 0.511. The Hall–Kier alpha value is -1.92. The van der Waals surface area contributed by atoms with Crippen molar-refractivity contribution in [2.75, 3.05) is 11.9 Å². The van der Waals surface area contributed by atoms with Gasteiger partial charge in [0.25, 0.3) is 0 Å². The second-order valence-corrected chi connectivity index (χ2v) is 4.49. The van der Waals surface area contributed by atoms with Gasteiger partial charge in [0.15, 0.2) is 0 Å². The molecule has 19 heavy (non-hydrogen) atoms. The monoisotopic (exact) mass is 281 g/mol. The van der Waals surface area contributed by atoms with Crippen molar-refractivity contribution in [2.45, 2.75) is 13.0 Å². The van der Waals surface area contributed by atoms with Crippen molar-refractivity contribution in [3.63, 3.8) is 0 Å². The lowest BCUT2D eigenvalue weighted by Crippen LogP contribution is -2.16. The Balaban J connectivity index is 2.65. The van der Waals surface area contributed by atoms with Crippen LogP contribution in [-0.4, -0.2) is 27.7 Å². The Kier molecular flexibility index (Phi) is 3.82. The van der Waals surface area contributed by atoms with Crippen LogP contribution in [-0.2, 0) is 0 Å². The third-order valence-corrected chi connectivity index (χ3v) is 2.84. The van der Waals surface area contributed by atoms with E-state index in [1.165, 1.54) is 0 Å². The minimum atomic E-state index is -0.634. The normalized spacial score (nSPS) is 12.4. The molecule has 2 rings (SSSR count). The van der Waals surface area contributed by atoms with Gasteiger partial charge in [-0.2, -0.15) is 0 Å². The van der Waals surface area contributed by atoms with E-state index in [4.69, 9.17) is 11.6 Å². The number of pyridine rings is 1. The van der Waals surface area contributed by atoms with E-state index in [0.717, 1.165) is 0 Å². The van der Waals surface area contributed by atoms with E-state index < -0.39 is 11.0 Å². The lowest BCUT2D eigenvalue weighted by atomic mass is 10.1. The summed E-state index contributed by atoms with van der Waals surface area (Å²) in [4.78, 5) is 14.5. The standard InChI is InChI=1S/C12H12ClN3O3/c1-7(17)6-14-10-8-4-2-3-5-9(8)15-12(13)11(10)16(18)19/h2-5,7,17H,6H2,1H3,(H,14,15). The Morgan fingerprint density at radius 1 is 1.53 bits per heavy atom. The second-order valence-electron chi connectivity index (χ2n) is 4.13. The first kappa shape index (κ1) is 13.5. The second kappa shape index (κ2) is 5.38. The van der Waals surface area contributed by atoms with Gasteiger partial charge in [-0.1, -0.05) is 29.8 Å². The Morgan fingerprint density at radius 2 is 2.21 bits per heavy atom. The van der Waals surface area contributed by atoms with Crippen LogP contribution < -0.4 is 5.32 Å². The molecule has 0 aliphatic rings. The highest BCUT2D eigenvalue weighted by atomic mass is 35.5. The zero-order valence-corrected chi connectivity index (χ0v) is 10.9. The highest BCUT2D eigenvalue weighted by Gasteiger charge is 2.23. The van der Waals surface area contributed by atoms with E-state index in [2.05, 4.69) is 10.3 Å². The predicted molar refractivity (Wildman–Crippen MR) is 73.6 cm³/mol. The first-order valence-electron chi connectivity index (χ1n) is 5.65. The topological polar surface area (TPSA) is 88.3 Å². The number of nitro groups is 1. The van der Waals surface area contributed by atoms with E-state index in [9.17, 15) is 15.2 Å². The van der Waals surface area contributed by atoms with Crippen LogP contribution in [0, 0.1) is 10.1 Å². The first-order valence-corrected chi connectivity index (χ1v) is 6.03. The lowest BCUT2D eigenvalue weighted by molar-refractivity contribution is -0.384. The van der Waals surface area contributed by atoms with Crippen LogP contribution in [0.3, 0.4) is 0 Å². The highest BCUT2D eigenvalue weighted by Crippen LogP contribution is 2.37. The Morgan fingerprint density at radius 3 is 2.84 bits per heavy atom. The molecule has 0 aliphatic heterocycles. The first-order chi connectivity index (χ1) is 9.00. The van der Waals surface area contributed by atoms with Gasteiger partial charge in [0.05, 0.1) is 16.5 Å². The summed E-state index contributed by atoms with van der Waals surface area (Å²) in [7, 11) is 0. The summed E-state index contributed by atoms with van der Waals surface area (Å²) >= 11 is 5.86. The number of benzene rings is 1. The molecule has 0 radical (unpaired) electrons. The fourth-order valence-corrected chi connectivity index (χ4v) is 2.02. The fourth-order valence-electron chi connectivity index (χ4n) is 1.77. The summed E-state index contributed by atoms with van der Waals surface area (Å²) in [5.41, 5.74) is 0.564. The Labute approximate surface area is 114 Å². The summed E-state index contributed by atoms with van der Waals surface area (Å²) in [6.07, 6.45) is -0.634. The predicted octanol–water partition coefficient (Wildman–Crippen LogP) is 2.59. The molecule has 0 fully saturated rings. The number of para-hydroxylation sites is 1. The van der Waals surface area contributed by atoms with E-state index in [-0.39, 0.29) is 23.1 Å². The smallest absolute Gasteiger partial charge is 0.329 e. The van der Waals surface area contributed by atoms with Gasteiger partial charge in [-0.3, -0.25) is 10.1 Å². The molecule has 0 aliphatic carbocycles. The number of aliphatic hydroxyl groups is 1. The molecule has 0 saturated heterocycles. The number of anilines is 1. The highest BCUT2D eigenvalue weighted by molar-refractivity contribution is 6.33. The molecule has 100 valence electrons. The van der Waals surface area contributed by atoms with Gasteiger partial charge in [0.2, 0.25) is 5.15 Å². The number of hydrogen-bond acceptors (Lipinski definition) is 5. The average molecular weight is 282 g/mol. The number of nitrogens with zero attached hydrogens (tertiary/aromatic N) is 2. The molecule has 0 amide bonds. The third kappa shape index (κ3) is 2.74. The summed E-state index contributed by atoms with van der Waals surface area (Å²) in [6, 6.07) is 6.97. The van der Waals surface area contributed by atoms with E-state index in [0.29, 0.717) is 10.9 Å². The average Bonchev–Trinajstić information content (AvgIpc) is 2.34. The molecule has 0 spiro atoms. The van der Waals surface area contributed by atoms with E-state index in [1.807, 2.05) is 0 Å². The minimum absolute atomic E-state index is 0.170. The van der Waals surface area contributed by atoms with Crippen LogP contribution in [0.1, 0.15) is 6.92 Å². The molecule has 1 aromatic heterocycles. The van der Waals surface area contributed by atoms with Crippen LogP contribution in [0.25, 0.3) is 10.9 Å². The number of hydrogen-bond donors (Lipinski definition) is 2. The van der Waals surface area contributed by atoms with Crippen molar-refractivity contribution >= 4 is 33.9 Å². The summed E-state index contributed by atoms with van der Waals surface area (Å²) in [6.45, 7) is 1.77. The van der Waals surface area contributed by atoms with Gasteiger partial charge in [-0.05, 0) is 13.0 Å². The molecule has 1 unspecified atom stereocenters. The number of rotatable bonds is 4. The zero-order chi connectivity index (χ0) is 14.0. The van der Waals surface area contributed by atoms with Crippen molar-refractivity contribution < 1.29 is 10.0 Å². The SMILES string of the molecule is CC(O)CNc1c([N+](=O)[O-])c(Cl)nc2ccccc12. The van der Waals surface area contributed by atoms with Crippen molar-refractivity contribution in [2.24, 2.45) is 0 Å². The molecule has 0 bridgehead atoms. The largest absolute Gasteiger partial charge is 0.392 e. The van der Waals surface area contributed by atoms with Gasteiger partial charge >= 0.3 is 5.69 Å². The summed E-state index contributed by atoms with van der Waals surface area (Å²) < 4.78 is 0. The summed E-state index contributed by atoms with van der Waals surface area (Å²) in [5, 5.41) is 23.7. The van der Waals surface area contributed by atoms with Gasteiger partial charge in [-0.15, -0.1) is 0 Å². The van der Waals surface area contributed by atoms with Gasteiger partial charge in [-0.25, -0.2) is 4.98 Å².